The van der Waals surface area contributed by atoms with Crippen LogP contribution < -0.4 is 9.47 Å². The highest BCUT2D eigenvalue weighted by atomic mass is 16.5. The number of ether oxygens (including phenoxy) is 2. The second-order valence-corrected chi connectivity index (χ2v) is 6.89. The fourth-order valence-corrected chi connectivity index (χ4v) is 4.59. The van der Waals surface area contributed by atoms with E-state index in [9.17, 15) is 5.11 Å². The highest BCUT2D eigenvalue weighted by Gasteiger charge is 2.39. The molecule has 4 heteroatoms. The third-order valence-corrected chi connectivity index (χ3v) is 5.77. The summed E-state index contributed by atoms with van der Waals surface area (Å²) in [6, 6.07) is 11.0. The number of methoxy groups -OCH3 is 2. The lowest BCUT2D eigenvalue weighted by Crippen LogP contribution is -2.42. The lowest BCUT2D eigenvalue weighted by molar-refractivity contribution is 0.101. The number of phenolic OH excluding ortho intramolecular Hbond substituents is 1. The summed E-state index contributed by atoms with van der Waals surface area (Å²) in [6.07, 6.45) is 2.90. The largest absolute Gasteiger partial charge is 0.504 e. The van der Waals surface area contributed by atoms with Gasteiger partial charge in [0.15, 0.2) is 11.5 Å². The summed E-state index contributed by atoms with van der Waals surface area (Å²) in [5, 5.41) is 10.7. The van der Waals surface area contributed by atoms with Crippen LogP contribution >= 0.6 is 0 Å². The molecule has 2 aromatic carbocycles. The average molecular weight is 339 g/mol. The van der Waals surface area contributed by atoms with Crippen molar-refractivity contribution in [2.75, 3.05) is 20.8 Å². The highest BCUT2D eigenvalue weighted by Crippen LogP contribution is 2.50. The number of aromatic hydroxyl groups is 1. The predicted octanol–water partition coefficient (Wildman–Crippen LogP) is 4.02. The monoisotopic (exact) mass is 339 g/mol. The molecule has 25 heavy (non-hydrogen) atoms. The van der Waals surface area contributed by atoms with Gasteiger partial charge in [0.2, 0.25) is 0 Å². The van der Waals surface area contributed by atoms with E-state index >= 15 is 0 Å². The molecule has 1 N–H and O–H groups in total. The molecule has 0 amide bonds. The molecule has 0 spiro atoms. The minimum atomic E-state index is 0.221. The Balaban J connectivity index is 1.81. The van der Waals surface area contributed by atoms with Gasteiger partial charge >= 0.3 is 0 Å². The molecule has 132 valence electrons. The van der Waals surface area contributed by atoms with E-state index in [-0.39, 0.29) is 6.04 Å². The van der Waals surface area contributed by atoms with Crippen molar-refractivity contribution in [2.45, 2.75) is 38.3 Å². The smallest absolute Gasteiger partial charge is 0.162 e. The zero-order valence-corrected chi connectivity index (χ0v) is 15.1. The number of benzene rings is 2. The first kappa shape index (κ1) is 16.3. The summed E-state index contributed by atoms with van der Waals surface area (Å²) in [5.74, 6) is 1.81. The van der Waals surface area contributed by atoms with Crippen molar-refractivity contribution in [3.05, 3.63) is 52.6 Å². The van der Waals surface area contributed by atoms with Gasteiger partial charge in [-0.3, -0.25) is 4.90 Å². The molecule has 0 aromatic heterocycles. The highest BCUT2D eigenvalue weighted by molar-refractivity contribution is 5.54. The summed E-state index contributed by atoms with van der Waals surface area (Å²) in [6.45, 7) is 3.19. The summed E-state index contributed by atoms with van der Waals surface area (Å²) in [7, 11) is 3.33. The second kappa shape index (κ2) is 6.26. The first-order valence-corrected chi connectivity index (χ1v) is 8.99. The molecule has 2 atom stereocenters. The Hall–Kier alpha value is -2.20. The van der Waals surface area contributed by atoms with E-state index in [1.54, 1.807) is 14.2 Å². The number of phenols is 1. The Labute approximate surface area is 149 Å². The Morgan fingerprint density at radius 1 is 1.12 bits per heavy atom. The first-order chi connectivity index (χ1) is 12.2. The van der Waals surface area contributed by atoms with Crippen molar-refractivity contribution in [2.24, 2.45) is 0 Å². The Morgan fingerprint density at radius 3 is 2.68 bits per heavy atom. The molecule has 0 aliphatic carbocycles. The van der Waals surface area contributed by atoms with Crippen LogP contribution in [0, 0.1) is 0 Å². The van der Waals surface area contributed by atoms with Gasteiger partial charge in [0.25, 0.3) is 0 Å². The molecule has 2 aliphatic heterocycles. The maximum Gasteiger partial charge on any atom is 0.162 e. The van der Waals surface area contributed by atoms with Crippen LogP contribution in [0.1, 0.15) is 47.7 Å². The van der Waals surface area contributed by atoms with Crippen molar-refractivity contribution in [1.29, 1.82) is 0 Å². The summed E-state index contributed by atoms with van der Waals surface area (Å²) >= 11 is 0. The molecule has 2 aliphatic rings. The summed E-state index contributed by atoms with van der Waals surface area (Å²) in [5.41, 5.74) is 5.06. The number of hydrogen-bond donors (Lipinski definition) is 1. The summed E-state index contributed by atoms with van der Waals surface area (Å²) < 4.78 is 10.7. The van der Waals surface area contributed by atoms with Crippen LogP contribution in [0.15, 0.2) is 30.3 Å². The van der Waals surface area contributed by atoms with E-state index in [1.165, 1.54) is 16.7 Å². The van der Waals surface area contributed by atoms with Crippen molar-refractivity contribution in [3.63, 3.8) is 0 Å². The molecule has 0 fully saturated rings. The molecule has 0 saturated heterocycles. The van der Waals surface area contributed by atoms with E-state index < -0.39 is 0 Å². The number of hydrogen-bond acceptors (Lipinski definition) is 4. The van der Waals surface area contributed by atoms with Gasteiger partial charge in [-0.2, -0.15) is 0 Å². The van der Waals surface area contributed by atoms with Crippen LogP contribution in [0.4, 0.5) is 0 Å². The third-order valence-electron chi connectivity index (χ3n) is 5.77. The van der Waals surface area contributed by atoms with Gasteiger partial charge in [0.05, 0.1) is 14.2 Å². The standard InChI is InChI=1S/C21H25NO3/c1-4-17-20-14(5-8-19(25-3)21(20)23)12-18-16-7-6-15(24-2)11-13(16)9-10-22(17)18/h5-8,11,17-18,23H,4,9-10,12H2,1-3H3. The molecule has 0 bridgehead atoms. The topological polar surface area (TPSA) is 41.9 Å². The Morgan fingerprint density at radius 2 is 1.96 bits per heavy atom. The minimum Gasteiger partial charge on any atom is -0.504 e. The van der Waals surface area contributed by atoms with Gasteiger partial charge in [-0.15, -0.1) is 0 Å². The van der Waals surface area contributed by atoms with E-state index in [2.05, 4.69) is 36.1 Å². The molecule has 0 radical (unpaired) electrons. The van der Waals surface area contributed by atoms with Crippen molar-refractivity contribution < 1.29 is 14.6 Å². The molecular formula is C21H25NO3. The molecule has 2 aromatic rings. The van der Waals surface area contributed by atoms with Gasteiger partial charge in [-0.05, 0) is 54.2 Å². The van der Waals surface area contributed by atoms with E-state index in [0.717, 1.165) is 37.1 Å². The summed E-state index contributed by atoms with van der Waals surface area (Å²) in [4.78, 5) is 2.55. The Bertz CT molecular complexity index is 802. The van der Waals surface area contributed by atoms with Crippen molar-refractivity contribution in [3.8, 4) is 17.2 Å². The van der Waals surface area contributed by atoms with Gasteiger partial charge in [0.1, 0.15) is 5.75 Å². The van der Waals surface area contributed by atoms with Crippen LogP contribution in [-0.4, -0.2) is 30.8 Å². The lowest BCUT2D eigenvalue weighted by Gasteiger charge is -2.46. The maximum atomic E-state index is 10.7. The number of nitrogens with zero attached hydrogens (tertiary/aromatic N) is 1. The zero-order chi connectivity index (χ0) is 17.6. The zero-order valence-electron chi connectivity index (χ0n) is 15.1. The predicted molar refractivity (Wildman–Crippen MR) is 97.5 cm³/mol. The SMILES string of the molecule is CCC1c2c(ccc(OC)c2O)CC2c3ccc(OC)cc3CCN21. The van der Waals surface area contributed by atoms with Gasteiger partial charge in [0, 0.05) is 24.2 Å². The van der Waals surface area contributed by atoms with Crippen LogP contribution in [0.25, 0.3) is 0 Å². The molecule has 0 saturated carbocycles. The van der Waals surface area contributed by atoms with Gasteiger partial charge < -0.3 is 14.6 Å². The van der Waals surface area contributed by atoms with Gasteiger partial charge in [-0.25, -0.2) is 0 Å². The second-order valence-electron chi connectivity index (χ2n) is 6.89. The van der Waals surface area contributed by atoms with Crippen LogP contribution in [0.5, 0.6) is 17.2 Å². The maximum absolute atomic E-state index is 10.7. The van der Waals surface area contributed by atoms with Crippen LogP contribution in [0.2, 0.25) is 0 Å². The molecular weight excluding hydrogens is 314 g/mol. The fourth-order valence-electron chi connectivity index (χ4n) is 4.59. The van der Waals surface area contributed by atoms with Crippen molar-refractivity contribution >= 4 is 0 Å². The average Bonchev–Trinajstić information content (AvgIpc) is 2.66. The van der Waals surface area contributed by atoms with Crippen LogP contribution in [-0.2, 0) is 12.8 Å². The molecule has 2 unspecified atom stereocenters. The Kier molecular flexibility index (Phi) is 4.08. The normalized spacial score (nSPS) is 21.9. The first-order valence-electron chi connectivity index (χ1n) is 8.99. The molecule has 4 nitrogen and oxygen atoms in total. The fraction of sp³-hybridized carbons (Fsp3) is 0.429. The third kappa shape index (κ3) is 2.47. The van der Waals surface area contributed by atoms with E-state index in [4.69, 9.17) is 9.47 Å². The van der Waals surface area contributed by atoms with Crippen LogP contribution in [0.3, 0.4) is 0 Å². The number of fused-ring (bicyclic) bond motifs is 4. The quantitative estimate of drug-likeness (QED) is 0.917. The van der Waals surface area contributed by atoms with Gasteiger partial charge in [-0.1, -0.05) is 19.1 Å². The lowest BCUT2D eigenvalue weighted by atomic mass is 9.79. The number of rotatable bonds is 3. The van der Waals surface area contributed by atoms with Crippen molar-refractivity contribution in [1.82, 2.24) is 4.90 Å². The van der Waals surface area contributed by atoms with E-state index in [1.807, 2.05) is 6.07 Å². The molecule has 4 rings (SSSR count). The van der Waals surface area contributed by atoms with E-state index in [0.29, 0.717) is 17.5 Å². The molecule has 2 heterocycles. The minimum absolute atomic E-state index is 0.221.